The Hall–Kier alpha value is -1.62. The summed E-state index contributed by atoms with van der Waals surface area (Å²) in [5.41, 5.74) is 3.18. The molecule has 5 nitrogen and oxygen atoms in total. The summed E-state index contributed by atoms with van der Waals surface area (Å²) in [4.78, 5) is 32.3. The zero-order chi connectivity index (χ0) is 17.6. The lowest BCUT2D eigenvalue weighted by Crippen LogP contribution is -2.52. The number of aromatic amines is 1. The Kier molecular flexibility index (Phi) is 4.22. The van der Waals surface area contributed by atoms with Gasteiger partial charge in [-0.25, -0.2) is 0 Å². The second-order valence-electron chi connectivity index (χ2n) is 8.43. The van der Waals surface area contributed by atoms with E-state index in [0.717, 1.165) is 55.8 Å². The van der Waals surface area contributed by atoms with Crippen LogP contribution in [0.1, 0.15) is 55.3 Å². The Labute approximate surface area is 149 Å². The van der Waals surface area contributed by atoms with E-state index in [-0.39, 0.29) is 5.43 Å². The number of hydrogen-bond donors (Lipinski definition) is 1. The number of amides is 1. The third kappa shape index (κ3) is 3.26. The molecule has 0 atom stereocenters. The van der Waals surface area contributed by atoms with Crippen molar-refractivity contribution < 1.29 is 4.79 Å². The molecule has 0 radical (unpaired) electrons. The second-order valence-corrected chi connectivity index (χ2v) is 8.43. The van der Waals surface area contributed by atoms with Gasteiger partial charge in [0.15, 0.2) is 5.43 Å². The van der Waals surface area contributed by atoms with Crippen LogP contribution in [0.5, 0.6) is 0 Å². The first-order valence-electron chi connectivity index (χ1n) is 9.67. The van der Waals surface area contributed by atoms with Gasteiger partial charge in [-0.2, -0.15) is 0 Å². The Morgan fingerprint density at radius 2 is 1.88 bits per heavy atom. The van der Waals surface area contributed by atoms with Crippen molar-refractivity contribution in [2.24, 2.45) is 5.41 Å². The molecule has 1 amide bonds. The first-order valence-corrected chi connectivity index (χ1v) is 9.67. The first kappa shape index (κ1) is 16.8. The molecule has 3 heterocycles. The van der Waals surface area contributed by atoms with Crippen LogP contribution in [-0.2, 0) is 11.3 Å². The molecule has 136 valence electrons. The van der Waals surface area contributed by atoms with Gasteiger partial charge in [0.2, 0.25) is 5.91 Å². The summed E-state index contributed by atoms with van der Waals surface area (Å²) in [7, 11) is 0. The van der Waals surface area contributed by atoms with Crippen molar-refractivity contribution in [2.45, 2.75) is 65.0 Å². The lowest BCUT2D eigenvalue weighted by molar-refractivity contribution is -0.139. The van der Waals surface area contributed by atoms with Crippen LogP contribution >= 0.6 is 0 Å². The SMILES string of the molecule is Cc1c[nH]c(CN2CCC3(CCC(=O)N(C4CC4)C3)CC2)c(C)c1=O. The van der Waals surface area contributed by atoms with Crippen LogP contribution in [0.4, 0.5) is 0 Å². The van der Waals surface area contributed by atoms with E-state index in [0.29, 0.717) is 17.4 Å². The summed E-state index contributed by atoms with van der Waals surface area (Å²) in [5, 5.41) is 0. The quantitative estimate of drug-likeness (QED) is 0.917. The summed E-state index contributed by atoms with van der Waals surface area (Å²) in [6.07, 6.45) is 8.36. The van der Waals surface area contributed by atoms with Crippen molar-refractivity contribution >= 4 is 5.91 Å². The molecule has 1 spiro atoms. The summed E-state index contributed by atoms with van der Waals surface area (Å²) in [6, 6.07) is 0.544. The molecular formula is C20H29N3O2. The van der Waals surface area contributed by atoms with E-state index in [1.54, 1.807) is 0 Å². The minimum Gasteiger partial charge on any atom is -0.363 e. The minimum absolute atomic E-state index is 0.160. The van der Waals surface area contributed by atoms with Gasteiger partial charge in [0.1, 0.15) is 0 Å². The molecule has 2 aliphatic heterocycles. The average Bonchev–Trinajstić information content (AvgIpc) is 3.45. The molecule has 1 saturated carbocycles. The Morgan fingerprint density at radius 1 is 1.16 bits per heavy atom. The number of aryl methyl sites for hydroxylation is 1. The minimum atomic E-state index is 0.160. The van der Waals surface area contributed by atoms with E-state index in [1.807, 2.05) is 20.0 Å². The van der Waals surface area contributed by atoms with Crippen LogP contribution in [0.3, 0.4) is 0 Å². The van der Waals surface area contributed by atoms with Gasteiger partial charge in [0.05, 0.1) is 0 Å². The van der Waals surface area contributed by atoms with Crippen LogP contribution < -0.4 is 5.43 Å². The molecule has 0 unspecified atom stereocenters. The van der Waals surface area contributed by atoms with Crippen molar-refractivity contribution in [1.82, 2.24) is 14.8 Å². The molecule has 3 fully saturated rings. The molecule has 5 heteroatoms. The van der Waals surface area contributed by atoms with Crippen LogP contribution in [0.2, 0.25) is 0 Å². The smallest absolute Gasteiger partial charge is 0.222 e. The van der Waals surface area contributed by atoms with Gasteiger partial charge in [-0.1, -0.05) is 0 Å². The summed E-state index contributed by atoms with van der Waals surface area (Å²) >= 11 is 0. The molecule has 25 heavy (non-hydrogen) atoms. The molecule has 0 aromatic carbocycles. The third-order valence-electron chi connectivity index (χ3n) is 6.60. The molecule has 1 aliphatic carbocycles. The highest BCUT2D eigenvalue weighted by molar-refractivity contribution is 5.77. The number of aromatic nitrogens is 1. The maximum Gasteiger partial charge on any atom is 0.222 e. The lowest BCUT2D eigenvalue weighted by Gasteiger charge is -2.47. The van der Waals surface area contributed by atoms with Crippen molar-refractivity contribution in [3.8, 4) is 0 Å². The standard InChI is InChI=1S/C20H29N3O2/c1-14-11-21-17(15(2)19(14)25)12-22-9-7-20(8-10-22)6-5-18(24)23(13-20)16-3-4-16/h11,16H,3-10,12-13H2,1-2H3,(H,21,25). The van der Waals surface area contributed by atoms with E-state index in [1.165, 1.54) is 25.7 Å². The van der Waals surface area contributed by atoms with Gasteiger partial charge in [-0.15, -0.1) is 0 Å². The lowest BCUT2D eigenvalue weighted by atomic mass is 9.72. The highest BCUT2D eigenvalue weighted by atomic mass is 16.2. The molecule has 1 aromatic heterocycles. The molecule has 4 rings (SSSR count). The zero-order valence-electron chi connectivity index (χ0n) is 15.4. The number of hydrogen-bond acceptors (Lipinski definition) is 3. The summed E-state index contributed by atoms with van der Waals surface area (Å²) in [5.74, 6) is 0.378. The third-order valence-corrected chi connectivity index (χ3v) is 6.60. The van der Waals surface area contributed by atoms with Crippen molar-refractivity contribution in [2.75, 3.05) is 19.6 Å². The van der Waals surface area contributed by atoms with Crippen LogP contribution in [-0.4, -0.2) is 46.4 Å². The van der Waals surface area contributed by atoms with Gasteiger partial charge in [0.25, 0.3) is 0 Å². The molecule has 0 bridgehead atoms. The van der Waals surface area contributed by atoms with Gasteiger partial charge < -0.3 is 9.88 Å². The van der Waals surface area contributed by atoms with Crippen LogP contribution in [0.15, 0.2) is 11.0 Å². The van der Waals surface area contributed by atoms with E-state index < -0.39 is 0 Å². The summed E-state index contributed by atoms with van der Waals surface area (Å²) in [6.45, 7) is 7.70. The van der Waals surface area contributed by atoms with Gasteiger partial charge in [-0.05, 0) is 64.5 Å². The van der Waals surface area contributed by atoms with E-state index in [4.69, 9.17) is 0 Å². The molecule has 3 aliphatic rings. The fraction of sp³-hybridized carbons (Fsp3) is 0.700. The number of nitrogens with zero attached hydrogens (tertiary/aromatic N) is 2. The van der Waals surface area contributed by atoms with Crippen LogP contribution in [0, 0.1) is 19.3 Å². The predicted octanol–water partition coefficient (Wildman–Crippen LogP) is 2.36. The fourth-order valence-electron chi connectivity index (χ4n) is 4.55. The second kappa shape index (κ2) is 6.27. The predicted molar refractivity (Wildman–Crippen MR) is 97.4 cm³/mol. The van der Waals surface area contributed by atoms with Crippen molar-refractivity contribution in [1.29, 1.82) is 0 Å². The maximum atomic E-state index is 12.2. The topological polar surface area (TPSA) is 56.4 Å². The Balaban J connectivity index is 1.39. The van der Waals surface area contributed by atoms with Gasteiger partial charge in [-0.3, -0.25) is 14.5 Å². The summed E-state index contributed by atoms with van der Waals surface area (Å²) < 4.78 is 0. The van der Waals surface area contributed by atoms with Crippen molar-refractivity contribution in [3.63, 3.8) is 0 Å². The number of carbonyl (C=O) groups excluding carboxylic acids is 1. The maximum absolute atomic E-state index is 12.2. The molecule has 1 aromatic rings. The Morgan fingerprint density at radius 3 is 2.56 bits per heavy atom. The van der Waals surface area contributed by atoms with E-state index in [9.17, 15) is 9.59 Å². The number of carbonyl (C=O) groups is 1. The number of nitrogens with one attached hydrogen (secondary N) is 1. The average molecular weight is 343 g/mol. The molecule has 2 saturated heterocycles. The highest BCUT2D eigenvalue weighted by Crippen LogP contribution is 2.43. The number of piperidine rings is 2. The zero-order valence-corrected chi connectivity index (χ0v) is 15.4. The van der Waals surface area contributed by atoms with Crippen LogP contribution in [0.25, 0.3) is 0 Å². The van der Waals surface area contributed by atoms with Gasteiger partial charge >= 0.3 is 0 Å². The number of H-pyrrole nitrogens is 1. The van der Waals surface area contributed by atoms with E-state index >= 15 is 0 Å². The number of pyridine rings is 1. The molecule has 1 N–H and O–H groups in total. The largest absolute Gasteiger partial charge is 0.363 e. The monoisotopic (exact) mass is 343 g/mol. The Bertz CT molecular complexity index is 727. The number of rotatable bonds is 3. The van der Waals surface area contributed by atoms with E-state index in [2.05, 4.69) is 14.8 Å². The normalized spacial score (nSPS) is 24.1. The highest BCUT2D eigenvalue weighted by Gasteiger charge is 2.45. The first-order chi connectivity index (χ1) is 12.0. The fourth-order valence-corrected chi connectivity index (χ4v) is 4.55. The number of likely N-dealkylation sites (tertiary alicyclic amines) is 2. The van der Waals surface area contributed by atoms with Gasteiger partial charge in [0, 0.05) is 48.6 Å². The van der Waals surface area contributed by atoms with Crippen molar-refractivity contribution in [3.05, 3.63) is 33.2 Å². The molecular weight excluding hydrogens is 314 g/mol.